The fourth-order valence-electron chi connectivity index (χ4n) is 1.85. The Balaban J connectivity index is 2.84. The summed E-state index contributed by atoms with van der Waals surface area (Å²) >= 11 is 0. The van der Waals surface area contributed by atoms with E-state index in [0.717, 1.165) is 6.07 Å². The number of nitro groups is 1. The zero-order valence-corrected chi connectivity index (χ0v) is 14.1. The molecule has 136 valence electrons. The van der Waals surface area contributed by atoms with Gasteiger partial charge in [0.05, 0.1) is 17.1 Å². The molecule has 0 heterocycles. The third-order valence-corrected chi connectivity index (χ3v) is 3.13. The molecule has 9 nitrogen and oxygen atoms in total. The van der Waals surface area contributed by atoms with Crippen LogP contribution in [0, 0.1) is 10.1 Å². The lowest BCUT2D eigenvalue weighted by molar-refractivity contribution is -0.384. The Hall–Kier alpha value is -2.94. The molecule has 9 heteroatoms. The molecule has 0 aromatic heterocycles. The second-order valence-electron chi connectivity index (χ2n) is 4.99. The first-order valence-corrected chi connectivity index (χ1v) is 7.51. The number of esters is 1. The van der Waals surface area contributed by atoms with Crippen LogP contribution < -0.4 is 10.6 Å². The topological polar surface area (TPSA) is 120 Å². The van der Waals surface area contributed by atoms with Crippen LogP contribution in [0.1, 0.15) is 17.3 Å². The first-order valence-electron chi connectivity index (χ1n) is 7.51. The van der Waals surface area contributed by atoms with Gasteiger partial charge in [-0.1, -0.05) is 6.08 Å². The highest BCUT2D eigenvalue weighted by molar-refractivity contribution is 5.93. The molecule has 0 unspecified atom stereocenters. The summed E-state index contributed by atoms with van der Waals surface area (Å²) in [4.78, 5) is 34.4. The minimum atomic E-state index is -1.04. The Labute approximate surface area is 145 Å². The van der Waals surface area contributed by atoms with E-state index in [0.29, 0.717) is 13.2 Å². The number of anilines is 1. The van der Waals surface area contributed by atoms with Crippen LogP contribution in [0.2, 0.25) is 0 Å². The number of carbonyl (C=O) groups is 2. The van der Waals surface area contributed by atoms with Crippen molar-refractivity contribution in [1.82, 2.24) is 5.32 Å². The largest absolute Gasteiger partial charge is 0.449 e. The van der Waals surface area contributed by atoms with Crippen molar-refractivity contribution in [3.63, 3.8) is 0 Å². The Bertz CT molecular complexity index is 647. The normalized spacial score (nSPS) is 11.3. The number of amides is 1. The Morgan fingerprint density at radius 1 is 1.44 bits per heavy atom. The van der Waals surface area contributed by atoms with E-state index in [1.165, 1.54) is 32.2 Å². The van der Waals surface area contributed by atoms with E-state index in [2.05, 4.69) is 17.2 Å². The van der Waals surface area contributed by atoms with Gasteiger partial charge in [-0.05, 0) is 19.1 Å². The van der Waals surface area contributed by atoms with Gasteiger partial charge in [-0.2, -0.15) is 0 Å². The molecule has 1 aromatic rings. The average Bonchev–Trinajstić information content (AvgIpc) is 2.59. The van der Waals surface area contributed by atoms with Crippen molar-refractivity contribution < 1.29 is 24.0 Å². The number of benzene rings is 1. The molecule has 1 atom stereocenters. The molecule has 0 aliphatic rings. The van der Waals surface area contributed by atoms with Crippen molar-refractivity contribution >= 4 is 23.3 Å². The highest BCUT2D eigenvalue weighted by Crippen LogP contribution is 2.26. The summed E-state index contributed by atoms with van der Waals surface area (Å²) in [6, 6.07) is 3.90. The van der Waals surface area contributed by atoms with Gasteiger partial charge in [-0.3, -0.25) is 14.9 Å². The highest BCUT2D eigenvalue weighted by atomic mass is 16.6. The van der Waals surface area contributed by atoms with E-state index in [-0.39, 0.29) is 23.5 Å². The van der Waals surface area contributed by atoms with Gasteiger partial charge in [-0.25, -0.2) is 4.79 Å². The van der Waals surface area contributed by atoms with Gasteiger partial charge >= 0.3 is 5.97 Å². The van der Waals surface area contributed by atoms with Crippen LogP contribution in [-0.2, 0) is 14.3 Å². The number of hydrogen-bond donors (Lipinski definition) is 2. The number of hydrogen-bond acceptors (Lipinski definition) is 7. The van der Waals surface area contributed by atoms with Crippen LogP contribution in [0.5, 0.6) is 0 Å². The van der Waals surface area contributed by atoms with Crippen molar-refractivity contribution in [2.24, 2.45) is 0 Å². The summed E-state index contributed by atoms with van der Waals surface area (Å²) in [7, 11) is 1.52. The Kier molecular flexibility index (Phi) is 8.07. The zero-order valence-electron chi connectivity index (χ0n) is 14.1. The summed E-state index contributed by atoms with van der Waals surface area (Å²) < 4.78 is 9.89. The number of nitro benzene ring substituents is 1. The quantitative estimate of drug-likeness (QED) is 0.215. The molecule has 0 bridgehead atoms. The minimum absolute atomic E-state index is 0.0210. The molecule has 0 radical (unpaired) electrons. The molecule has 0 aliphatic heterocycles. The molecular weight excluding hydrogens is 330 g/mol. The molecule has 0 saturated carbocycles. The fraction of sp³-hybridized carbons (Fsp3) is 0.375. The average molecular weight is 351 g/mol. The van der Waals surface area contributed by atoms with Gasteiger partial charge in [0.1, 0.15) is 5.69 Å². The molecule has 0 aliphatic carbocycles. The van der Waals surface area contributed by atoms with Gasteiger partial charge in [-0.15, -0.1) is 6.58 Å². The van der Waals surface area contributed by atoms with Crippen LogP contribution in [0.4, 0.5) is 11.4 Å². The van der Waals surface area contributed by atoms with Crippen molar-refractivity contribution in [3.8, 4) is 0 Å². The minimum Gasteiger partial charge on any atom is -0.449 e. The first-order chi connectivity index (χ1) is 11.9. The second kappa shape index (κ2) is 10.0. The molecule has 0 spiro atoms. The molecule has 0 saturated heterocycles. The lowest BCUT2D eigenvalue weighted by Crippen LogP contribution is -2.35. The lowest BCUT2D eigenvalue weighted by atomic mass is 10.1. The zero-order chi connectivity index (χ0) is 18.8. The number of carbonyl (C=O) groups excluding carboxylic acids is 2. The van der Waals surface area contributed by atoms with Gasteiger partial charge in [0.15, 0.2) is 6.10 Å². The monoisotopic (exact) mass is 351 g/mol. The molecular formula is C16H21N3O6. The van der Waals surface area contributed by atoms with Crippen molar-refractivity contribution in [1.29, 1.82) is 0 Å². The van der Waals surface area contributed by atoms with Crippen LogP contribution in [0.3, 0.4) is 0 Å². The maximum atomic E-state index is 12.1. The maximum Gasteiger partial charge on any atom is 0.339 e. The fourth-order valence-corrected chi connectivity index (χ4v) is 1.85. The Morgan fingerprint density at radius 3 is 2.76 bits per heavy atom. The van der Waals surface area contributed by atoms with Crippen LogP contribution >= 0.6 is 0 Å². The van der Waals surface area contributed by atoms with Crippen molar-refractivity contribution in [2.45, 2.75) is 13.0 Å². The Morgan fingerprint density at radius 2 is 2.16 bits per heavy atom. The highest BCUT2D eigenvalue weighted by Gasteiger charge is 2.22. The predicted octanol–water partition coefficient (Wildman–Crippen LogP) is 1.50. The third kappa shape index (κ3) is 6.22. The number of nitrogens with one attached hydrogen (secondary N) is 2. The van der Waals surface area contributed by atoms with E-state index in [9.17, 15) is 19.7 Å². The van der Waals surface area contributed by atoms with Crippen LogP contribution in [0.25, 0.3) is 0 Å². The standard InChI is InChI=1S/C16H21N3O6/c1-4-7-18-15(20)11(2)25-16(21)12-5-6-13(17-8-9-24-3)14(10-12)19(22)23/h4-6,10-11,17H,1,7-9H2,2-3H3,(H,18,20)/t11-/m0/s1. The van der Waals surface area contributed by atoms with E-state index < -0.39 is 22.9 Å². The molecule has 1 rings (SSSR count). The van der Waals surface area contributed by atoms with Crippen LogP contribution in [0.15, 0.2) is 30.9 Å². The SMILES string of the molecule is C=CCNC(=O)[C@H](C)OC(=O)c1ccc(NCCOC)c([N+](=O)[O-])c1. The summed E-state index contributed by atoms with van der Waals surface area (Å²) in [6.45, 7) is 5.86. The van der Waals surface area contributed by atoms with E-state index >= 15 is 0 Å². The van der Waals surface area contributed by atoms with Gasteiger partial charge in [0.2, 0.25) is 0 Å². The lowest BCUT2D eigenvalue weighted by Gasteiger charge is -2.13. The molecule has 2 N–H and O–H groups in total. The summed E-state index contributed by atoms with van der Waals surface area (Å²) in [6.07, 6.45) is 0.455. The smallest absolute Gasteiger partial charge is 0.339 e. The van der Waals surface area contributed by atoms with E-state index in [1.807, 2.05) is 0 Å². The number of methoxy groups -OCH3 is 1. The number of rotatable bonds is 10. The van der Waals surface area contributed by atoms with Crippen molar-refractivity contribution in [2.75, 3.05) is 32.1 Å². The van der Waals surface area contributed by atoms with Crippen molar-refractivity contribution in [3.05, 3.63) is 46.5 Å². The first kappa shape index (κ1) is 20.1. The molecule has 1 aromatic carbocycles. The van der Waals surface area contributed by atoms with Gasteiger partial charge < -0.3 is 20.1 Å². The molecule has 1 amide bonds. The van der Waals surface area contributed by atoms with Gasteiger partial charge in [0, 0.05) is 26.3 Å². The van der Waals surface area contributed by atoms with Gasteiger partial charge in [0.25, 0.3) is 11.6 Å². The third-order valence-electron chi connectivity index (χ3n) is 3.13. The second-order valence-corrected chi connectivity index (χ2v) is 4.99. The maximum absolute atomic E-state index is 12.1. The predicted molar refractivity (Wildman–Crippen MR) is 91.5 cm³/mol. The number of ether oxygens (including phenoxy) is 2. The summed E-state index contributed by atoms with van der Waals surface area (Å²) in [5.74, 6) is -1.31. The number of nitrogens with zero attached hydrogens (tertiary/aromatic N) is 1. The molecule has 0 fully saturated rings. The summed E-state index contributed by atoms with van der Waals surface area (Å²) in [5, 5.41) is 16.5. The van der Waals surface area contributed by atoms with Crippen LogP contribution in [-0.4, -0.2) is 49.7 Å². The van der Waals surface area contributed by atoms with E-state index in [4.69, 9.17) is 9.47 Å². The molecule has 25 heavy (non-hydrogen) atoms. The van der Waals surface area contributed by atoms with E-state index in [1.54, 1.807) is 0 Å². The summed E-state index contributed by atoms with van der Waals surface area (Å²) in [5.41, 5.74) is -0.0305.